The summed E-state index contributed by atoms with van der Waals surface area (Å²) < 4.78 is 5.99. The molecule has 1 atom stereocenters. The minimum absolute atomic E-state index is 0.0707. The second-order valence-electron chi connectivity index (χ2n) is 8.19. The molecule has 0 radical (unpaired) electrons. The number of benzene rings is 2. The minimum atomic E-state index is -0.554. The van der Waals surface area contributed by atoms with Gasteiger partial charge in [-0.15, -0.1) is 0 Å². The van der Waals surface area contributed by atoms with E-state index in [2.05, 4.69) is 28.5 Å². The highest BCUT2D eigenvalue weighted by Crippen LogP contribution is 2.25. The van der Waals surface area contributed by atoms with Crippen molar-refractivity contribution in [2.75, 3.05) is 12.9 Å². The van der Waals surface area contributed by atoms with Crippen LogP contribution in [0.15, 0.2) is 52.4 Å². The first-order valence-electron chi connectivity index (χ1n) is 11.1. The Morgan fingerprint density at radius 3 is 2.70 bits per heavy atom. The molecule has 2 aromatic carbocycles. The van der Waals surface area contributed by atoms with Crippen molar-refractivity contribution in [1.29, 1.82) is 0 Å². The molecule has 1 aromatic heterocycles. The van der Waals surface area contributed by atoms with Gasteiger partial charge in [-0.05, 0) is 61.4 Å². The first kappa shape index (κ1) is 23.0. The van der Waals surface area contributed by atoms with Crippen molar-refractivity contribution < 1.29 is 14.3 Å². The van der Waals surface area contributed by atoms with Crippen molar-refractivity contribution in [3.8, 4) is 0 Å². The molecule has 0 bridgehead atoms. The molecule has 8 heteroatoms. The Morgan fingerprint density at radius 1 is 1.15 bits per heavy atom. The maximum Gasteiger partial charge on any atom is 0.325 e. The molecule has 0 saturated carbocycles. The van der Waals surface area contributed by atoms with Crippen molar-refractivity contribution in [1.82, 2.24) is 14.9 Å². The van der Waals surface area contributed by atoms with Gasteiger partial charge in [0.1, 0.15) is 6.54 Å². The van der Waals surface area contributed by atoms with Crippen LogP contribution < -0.4 is 10.9 Å². The van der Waals surface area contributed by atoms with Crippen LogP contribution in [0.1, 0.15) is 42.5 Å². The van der Waals surface area contributed by atoms with Crippen LogP contribution in [0.4, 0.5) is 0 Å². The summed E-state index contributed by atoms with van der Waals surface area (Å²) in [6.45, 7) is 1.71. The SMILES string of the molecule is COC(=O)Cn1c(SCC(=O)N[C@H](C)c2ccc3c(c2)CCCC3)nc2ccccc2c1=O. The van der Waals surface area contributed by atoms with Gasteiger partial charge in [0.15, 0.2) is 5.16 Å². The van der Waals surface area contributed by atoms with E-state index in [1.54, 1.807) is 24.3 Å². The molecule has 33 heavy (non-hydrogen) atoms. The number of aryl methyl sites for hydroxylation is 2. The molecule has 0 unspecified atom stereocenters. The molecule has 0 spiro atoms. The number of carbonyl (C=O) groups excluding carboxylic acids is 2. The Hall–Kier alpha value is -3.13. The van der Waals surface area contributed by atoms with Gasteiger partial charge in [-0.25, -0.2) is 4.98 Å². The summed E-state index contributed by atoms with van der Waals surface area (Å²) in [5, 5.41) is 3.75. The zero-order valence-corrected chi connectivity index (χ0v) is 19.6. The quantitative estimate of drug-likeness (QED) is 0.327. The molecule has 1 heterocycles. The minimum Gasteiger partial charge on any atom is -0.468 e. The highest BCUT2D eigenvalue weighted by Gasteiger charge is 2.18. The third kappa shape index (κ3) is 5.27. The van der Waals surface area contributed by atoms with E-state index in [9.17, 15) is 14.4 Å². The Balaban J connectivity index is 1.48. The molecule has 3 aromatic rings. The zero-order chi connectivity index (χ0) is 23.4. The van der Waals surface area contributed by atoms with E-state index in [4.69, 9.17) is 4.74 Å². The van der Waals surface area contributed by atoms with Gasteiger partial charge in [-0.1, -0.05) is 42.1 Å². The first-order chi connectivity index (χ1) is 16.0. The number of para-hydroxylation sites is 1. The Labute approximate surface area is 196 Å². The predicted molar refractivity (Wildman–Crippen MR) is 128 cm³/mol. The second-order valence-corrected chi connectivity index (χ2v) is 9.13. The van der Waals surface area contributed by atoms with Crippen LogP contribution in [0.5, 0.6) is 0 Å². The lowest BCUT2D eigenvalue weighted by molar-refractivity contribution is -0.141. The first-order valence-corrected chi connectivity index (χ1v) is 12.0. The summed E-state index contributed by atoms with van der Waals surface area (Å²) in [7, 11) is 1.27. The second kappa shape index (κ2) is 10.2. The maximum absolute atomic E-state index is 12.9. The van der Waals surface area contributed by atoms with Gasteiger partial charge in [0, 0.05) is 0 Å². The molecule has 1 amide bonds. The number of rotatable bonds is 7. The van der Waals surface area contributed by atoms with Gasteiger partial charge in [-0.3, -0.25) is 19.0 Å². The predicted octanol–water partition coefficient (Wildman–Crippen LogP) is 3.42. The lowest BCUT2D eigenvalue weighted by atomic mass is 9.89. The molecule has 172 valence electrons. The number of hydrogen-bond donors (Lipinski definition) is 1. The lowest BCUT2D eigenvalue weighted by Crippen LogP contribution is -2.30. The van der Waals surface area contributed by atoms with Crippen LogP contribution in [0.2, 0.25) is 0 Å². The average molecular weight is 466 g/mol. The van der Waals surface area contributed by atoms with Crippen LogP contribution >= 0.6 is 11.8 Å². The largest absolute Gasteiger partial charge is 0.468 e. The third-order valence-electron chi connectivity index (χ3n) is 5.92. The van der Waals surface area contributed by atoms with Crippen LogP contribution in [0, 0.1) is 0 Å². The van der Waals surface area contributed by atoms with Crippen LogP contribution in [0.25, 0.3) is 10.9 Å². The molecule has 1 aliphatic carbocycles. The molecule has 0 fully saturated rings. The van der Waals surface area contributed by atoms with Crippen LogP contribution in [-0.2, 0) is 33.7 Å². The van der Waals surface area contributed by atoms with Gasteiger partial charge >= 0.3 is 5.97 Å². The number of carbonyl (C=O) groups is 2. The topological polar surface area (TPSA) is 90.3 Å². The lowest BCUT2D eigenvalue weighted by Gasteiger charge is -2.20. The number of thioether (sulfide) groups is 1. The van der Waals surface area contributed by atoms with Gasteiger partial charge in [0.05, 0.1) is 29.8 Å². The maximum atomic E-state index is 12.9. The van der Waals surface area contributed by atoms with Gasteiger partial charge in [-0.2, -0.15) is 0 Å². The standard InChI is InChI=1S/C25H27N3O4S/c1-16(18-12-11-17-7-3-4-8-19(17)13-18)26-22(29)15-33-25-27-21-10-6-5-9-20(21)24(31)28(25)14-23(30)32-2/h5-6,9-13,16H,3-4,7-8,14-15H2,1-2H3,(H,26,29)/t16-/m1/s1. The smallest absolute Gasteiger partial charge is 0.325 e. The molecule has 0 aliphatic heterocycles. The monoisotopic (exact) mass is 465 g/mol. The summed E-state index contributed by atoms with van der Waals surface area (Å²) in [5.74, 6) is -0.653. The fourth-order valence-electron chi connectivity index (χ4n) is 4.11. The summed E-state index contributed by atoms with van der Waals surface area (Å²) in [4.78, 5) is 42.0. The van der Waals surface area contributed by atoms with E-state index in [1.165, 1.54) is 35.6 Å². The zero-order valence-electron chi connectivity index (χ0n) is 18.8. The molecule has 4 rings (SSSR count). The van der Waals surface area contributed by atoms with E-state index in [1.807, 2.05) is 6.92 Å². The van der Waals surface area contributed by atoms with Gasteiger partial charge < -0.3 is 10.1 Å². The van der Waals surface area contributed by atoms with E-state index in [-0.39, 0.29) is 29.8 Å². The molecule has 1 N–H and O–H groups in total. The molecule has 0 saturated heterocycles. The number of fused-ring (bicyclic) bond motifs is 2. The van der Waals surface area contributed by atoms with Crippen molar-refractivity contribution in [2.24, 2.45) is 0 Å². The Morgan fingerprint density at radius 2 is 1.91 bits per heavy atom. The van der Waals surface area contributed by atoms with Crippen molar-refractivity contribution in [2.45, 2.75) is 50.4 Å². The third-order valence-corrected chi connectivity index (χ3v) is 6.90. The van der Waals surface area contributed by atoms with Crippen molar-refractivity contribution in [3.05, 3.63) is 69.5 Å². The van der Waals surface area contributed by atoms with Gasteiger partial charge in [0.2, 0.25) is 5.91 Å². The molecule has 7 nitrogen and oxygen atoms in total. The number of methoxy groups -OCH3 is 1. The number of ether oxygens (including phenoxy) is 1. The van der Waals surface area contributed by atoms with Gasteiger partial charge in [0.25, 0.3) is 5.56 Å². The van der Waals surface area contributed by atoms with E-state index in [0.29, 0.717) is 16.1 Å². The number of nitrogens with zero attached hydrogens (tertiary/aromatic N) is 2. The van der Waals surface area contributed by atoms with E-state index in [0.717, 1.165) is 30.2 Å². The van der Waals surface area contributed by atoms with E-state index < -0.39 is 5.97 Å². The highest BCUT2D eigenvalue weighted by atomic mass is 32.2. The number of esters is 1. The summed E-state index contributed by atoms with van der Waals surface area (Å²) in [6, 6.07) is 13.3. The number of amides is 1. The Bertz CT molecular complexity index is 1250. The molecular weight excluding hydrogens is 438 g/mol. The summed E-state index contributed by atoms with van der Waals surface area (Å²) in [6.07, 6.45) is 4.66. The molecule has 1 aliphatic rings. The average Bonchev–Trinajstić information content (AvgIpc) is 2.84. The van der Waals surface area contributed by atoms with Crippen LogP contribution in [0.3, 0.4) is 0 Å². The number of hydrogen-bond acceptors (Lipinski definition) is 6. The number of aromatic nitrogens is 2. The normalized spacial score (nSPS) is 13.9. The van der Waals surface area contributed by atoms with E-state index >= 15 is 0 Å². The van der Waals surface area contributed by atoms with Crippen molar-refractivity contribution >= 4 is 34.5 Å². The fraction of sp³-hybridized carbons (Fsp3) is 0.360. The summed E-state index contributed by atoms with van der Waals surface area (Å²) in [5.41, 5.74) is 4.05. The Kier molecular flexibility index (Phi) is 7.13. The molecular formula is C25H27N3O4S. The summed E-state index contributed by atoms with van der Waals surface area (Å²) >= 11 is 1.13. The van der Waals surface area contributed by atoms with Crippen LogP contribution in [-0.4, -0.2) is 34.3 Å². The highest BCUT2D eigenvalue weighted by molar-refractivity contribution is 7.99. The number of nitrogens with one attached hydrogen (secondary N) is 1. The fourth-order valence-corrected chi connectivity index (χ4v) is 4.92. The van der Waals surface area contributed by atoms with Crippen molar-refractivity contribution in [3.63, 3.8) is 0 Å².